The van der Waals surface area contributed by atoms with E-state index in [4.69, 9.17) is 17.3 Å². The zero-order valence-corrected chi connectivity index (χ0v) is 15.3. The molecule has 0 aliphatic carbocycles. The van der Waals surface area contributed by atoms with Gasteiger partial charge in [-0.2, -0.15) is 0 Å². The number of halogens is 1. The second kappa shape index (κ2) is 8.54. The molecular formula is C21H20ClNOS. The fraction of sp³-hybridized carbons (Fsp3) is 0.143. The van der Waals surface area contributed by atoms with E-state index < -0.39 is 12.1 Å². The number of nitrogens with two attached hydrogens (primary N) is 1. The van der Waals surface area contributed by atoms with Crippen LogP contribution in [0.3, 0.4) is 0 Å². The second-order valence-electron chi connectivity index (χ2n) is 5.88. The van der Waals surface area contributed by atoms with E-state index in [1.54, 1.807) is 11.8 Å². The quantitative estimate of drug-likeness (QED) is 0.635. The molecule has 0 spiro atoms. The number of aliphatic hydroxyl groups excluding tert-OH is 1. The summed E-state index contributed by atoms with van der Waals surface area (Å²) in [7, 11) is 0. The van der Waals surface area contributed by atoms with E-state index in [9.17, 15) is 5.11 Å². The molecule has 2 nitrogen and oxygen atoms in total. The highest BCUT2D eigenvalue weighted by molar-refractivity contribution is 7.99. The van der Waals surface area contributed by atoms with Crippen LogP contribution in [0.4, 0.5) is 0 Å². The average molecular weight is 370 g/mol. The molecular weight excluding hydrogens is 350 g/mol. The van der Waals surface area contributed by atoms with Crippen LogP contribution in [-0.4, -0.2) is 11.2 Å². The predicted molar refractivity (Wildman–Crippen MR) is 105 cm³/mol. The molecule has 0 bridgehead atoms. The highest BCUT2D eigenvalue weighted by atomic mass is 35.5. The maximum Gasteiger partial charge on any atom is 0.0773 e. The number of rotatable bonds is 6. The summed E-state index contributed by atoms with van der Waals surface area (Å²) in [5.41, 5.74) is 8.41. The number of benzene rings is 3. The van der Waals surface area contributed by atoms with Gasteiger partial charge in [0, 0.05) is 21.2 Å². The molecule has 0 aliphatic heterocycles. The molecule has 3 aromatic rings. The Bertz CT molecular complexity index is 808. The SMILES string of the molecule is N[C@H](c1ccccc1Sc1ccc(Cl)cc1)[C@@H](O)Cc1ccccc1. The van der Waals surface area contributed by atoms with E-state index in [1.807, 2.05) is 78.9 Å². The van der Waals surface area contributed by atoms with Crippen LogP contribution in [0.25, 0.3) is 0 Å². The monoisotopic (exact) mass is 369 g/mol. The third-order valence-electron chi connectivity index (χ3n) is 4.02. The highest BCUT2D eigenvalue weighted by Gasteiger charge is 2.20. The van der Waals surface area contributed by atoms with Gasteiger partial charge in [-0.3, -0.25) is 0 Å². The van der Waals surface area contributed by atoms with Gasteiger partial charge in [-0.05, 0) is 41.5 Å². The van der Waals surface area contributed by atoms with Crippen molar-refractivity contribution in [1.82, 2.24) is 0 Å². The van der Waals surface area contributed by atoms with Gasteiger partial charge in [-0.1, -0.05) is 71.9 Å². The molecule has 0 heterocycles. The van der Waals surface area contributed by atoms with E-state index in [1.165, 1.54) is 0 Å². The fourth-order valence-electron chi connectivity index (χ4n) is 2.67. The molecule has 0 radical (unpaired) electrons. The Morgan fingerprint density at radius 2 is 1.52 bits per heavy atom. The molecule has 2 atom stereocenters. The molecule has 128 valence electrons. The number of hydrogen-bond donors (Lipinski definition) is 2. The highest BCUT2D eigenvalue weighted by Crippen LogP contribution is 2.34. The largest absolute Gasteiger partial charge is 0.391 e. The van der Waals surface area contributed by atoms with Crippen molar-refractivity contribution in [3.63, 3.8) is 0 Å². The van der Waals surface area contributed by atoms with Crippen LogP contribution >= 0.6 is 23.4 Å². The molecule has 0 unspecified atom stereocenters. The Morgan fingerprint density at radius 1 is 0.880 bits per heavy atom. The minimum absolute atomic E-state index is 0.448. The normalized spacial score (nSPS) is 13.4. The van der Waals surface area contributed by atoms with Crippen molar-refractivity contribution in [1.29, 1.82) is 0 Å². The van der Waals surface area contributed by atoms with Crippen LogP contribution in [0.1, 0.15) is 17.2 Å². The molecule has 0 aromatic heterocycles. The Hall–Kier alpha value is -1.78. The van der Waals surface area contributed by atoms with E-state index in [-0.39, 0.29) is 0 Å². The molecule has 0 saturated carbocycles. The molecule has 0 amide bonds. The van der Waals surface area contributed by atoms with Gasteiger partial charge in [0.05, 0.1) is 12.1 Å². The lowest BCUT2D eigenvalue weighted by Gasteiger charge is -2.22. The summed E-state index contributed by atoms with van der Waals surface area (Å²) in [4.78, 5) is 2.13. The van der Waals surface area contributed by atoms with Gasteiger partial charge < -0.3 is 10.8 Å². The zero-order valence-electron chi connectivity index (χ0n) is 13.7. The standard InChI is InChI=1S/C21H20ClNOS/c22-16-10-12-17(13-11-16)25-20-9-5-4-8-18(20)21(23)19(24)14-15-6-2-1-3-7-15/h1-13,19,21,24H,14,23H2/t19-,21+/m0/s1. The van der Waals surface area contributed by atoms with E-state index in [2.05, 4.69) is 0 Å². The van der Waals surface area contributed by atoms with Gasteiger partial charge in [-0.15, -0.1) is 0 Å². The molecule has 25 heavy (non-hydrogen) atoms. The van der Waals surface area contributed by atoms with Gasteiger partial charge >= 0.3 is 0 Å². The summed E-state index contributed by atoms with van der Waals surface area (Å²) >= 11 is 7.58. The van der Waals surface area contributed by atoms with Crippen molar-refractivity contribution in [3.05, 3.63) is 95.0 Å². The molecule has 0 saturated heterocycles. The first kappa shape index (κ1) is 18.0. The molecule has 3 aromatic carbocycles. The average Bonchev–Trinajstić information content (AvgIpc) is 2.64. The van der Waals surface area contributed by atoms with E-state index >= 15 is 0 Å². The van der Waals surface area contributed by atoms with Crippen molar-refractivity contribution < 1.29 is 5.11 Å². The summed E-state index contributed by atoms with van der Waals surface area (Å²) in [6.45, 7) is 0. The van der Waals surface area contributed by atoms with Gasteiger partial charge in [0.1, 0.15) is 0 Å². The molecule has 0 fully saturated rings. The first-order valence-corrected chi connectivity index (χ1v) is 9.33. The van der Waals surface area contributed by atoms with Crippen LogP contribution in [0.15, 0.2) is 88.7 Å². The van der Waals surface area contributed by atoms with Crippen LogP contribution in [0, 0.1) is 0 Å². The second-order valence-corrected chi connectivity index (χ2v) is 7.43. The third kappa shape index (κ3) is 4.86. The lowest BCUT2D eigenvalue weighted by atomic mass is 9.97. The van der Waals surface area contributed by atoms with Crippen molar-refractivity contribution >= 4 is 23.4 Å². The lowest BCUT2D eigenvalue weighted by Crippen LogP contribution is -2.28. The lowest BCUT2D eigenvalue weighted by molar-refractivity contribution is 0.144. The number of aliphatic hydroxyl groups is 1. The van der Waals surface area contributed by atoms with E-state index in [0.717, 1.165) is 20.9 Å². The summed E-state index contributed by atoms with van der Waals surface area (Å²) in [5, 5.41) is 11.3. The molecule has 3 rings (SSSR count). The first-order valence-electron chi connectivity index (χ1n) is 8.13. The van der Waals surface area contributed by atoms with Crippen LogP contribution in [-0.2, 0) is 6.42 Å². The molecule has 4 heteroatoms. The van der Waals surface area contributed by atoms with Crippen molar-refractivity contribution in [2.75, 3.05) is 0 Å². The van der Waals surface area contributed by atoms with Gasteiger partial charge in [0.15, 0.2) is 0 Å². The minimum Gasteiger partial charge on any atom is -0.391 e. The fourth-order valence-corrected chi connectivity index (χ4v) is 3.79. The Kier molecular flexibility index (Phi) is 6.16. The Morgan fingerprint density at radius 3 is 2.24 bits per heavy atom. The summed E-state index contributed by atoms with van der Waals surface area (Å²) in [6, 6.07) is 25.1. The van der Waals surface area contributed by atoms with Crippen molar-refractivity contribution in [3.8, 4) is 0 Å². The zero-order chi connectivity index (χ0) is 17.6. The third-order valence-corrected chi connectivity index (χ3v) is 5.37. The molecule has 0 aliphatic rings. The van der Waals surface area contributed by atoms with Crippen LogP contribution < -0.4 is 5.73 Å². The minimum atomic E-state index is -0.644. The van der Waals surface area contributed by atoms with Crippen molar-refractivity contribution in [2.45, 2.75) is 28.4 Å². The topological polar surface area (TPSA) is 46.2 Å². The summed E-state index contributed by atoms with van der Waals surface area (Å²) < 4.78 is 0. The summed E-state index contributed by atoms with van der Waals surface area (Å²) in [6.07, 6.45) is -0.114. The van der Waals surface area contributed by atoms with Gasteiger partial charge in [0.2, 0.25) is 0 Å². The van der Waals surface area contributed by atoms with E-state index in [0.29, 0.717) is 11.4 Å². The first-order chi connectivity index (χ1) is 12.1. The maximum atomic E-state index is 10.6. The Labute approximate surface area is 157 Å². The van der Waals surface area contributed by atoms with Crippen LogP contribution in [0.2, 0.25) is 5.02 Å². The smallest absolute Gasteiger partial charge is 0.0773 e. The van der Waals surface area contributed by atoms with Gasteiger partial charge in [-0.25, -0.2) is 0 Å². The predicted octanol–water partition coefficient (Wildman–Crippen LogP) is 5.09. The maximum absolute atomic E-state index is 10.6. The molecule has 3 N–H and O–H groups in total. The summed E-state index contributed by atoms with van der Waals surface area (Å²) in [5.74, 6) is 0. The Balaban J connectivity index is 1.78. The van der Waals surface area contributed by atoms with Crippen molar-refractivity contribution in [2.24, 2.45) is 5.73 Å². The number of hydrogen-bond acceptors (Lipinski definition) is 3. The van der Waals surface area contributed by atoms with Crippen LogP contribution in [0.5, 0.6) is 0 Å². The van der Waals surface area contributed by atoms with Gasteiger partial charge in [0.25, 0.3) is 0 Å².